The van der Waals surface area contributed by atoms with Crippen LogP contribution < -0.4 is 5.73 Å². The van der Waals surface area contributed by atoms with Gasteiger partial charge in [-0.3, -0.25) is 4.90 Å². The molecule has 4 unspecified atom stereocenters. The number of hydrogen-bond donors (Lipinski definition) is 1. The van der Waals surface area contributed by atoms with Gasteiger partial charge in [-0.1, -0.05) is 40.0 Å². The Morgan fingerprint density at radius 2 is 1.76 bits per heavy atom. The van der Waals surface area contributed by atoms with E-state index in [-0.39, 0.29) is 0 Å². The summed E-state index contributed by atoms with van der Waals surface area (Å²) in [5, 5.41) is 0. The summed E-state index contributed by atoms with van der Waals surface area (Å²) in [5.41, 5.74) is 7.13. The fourth-order valence-corrected chi connectivity index (χ4v) is 6.26. The predicted molar refractivity (Wildman–Crippen MR) is 90.2 cm³/mol. The minimum Gasteiger partial charge on any atom is -0.329 e. The highest BCUT2D eigenvalue weighted by molar-refractivity contribution is 5.03. The molecule has 21 heavy (non-hydrogen) atoms. The van der Waals surface area contributed by atoms with E-state index in [1.165, 1.54) is 64.5 Å². The van der Waals surface area contributed by atoms with Crippen LogP contribution in [0.5, 0.6) is 0 Å². The monoisotopic (exact) mass is 292 g/mol. The molecule has 1 aliphatic heterocycles. The molecule has 0 bridgehead atoms. The Labute approximate surface area is 131 Å². The first kappa shape index (κ1) is 15.8. The van der Waals surface area contributed by atoms with E-state index >= 15 is 0 Å². The smallest absolute Gasteiger partial charge is 0.0339 e. The quantitative estimate of drug-likeness (QED) is 0.832. The minimum atomic E-state index is 0.295. The van der Waals surface area contributed by atoms with E-state index in [0.29, 0.717) is 11.0 Å². The number of likely N-dealkylation sites (tertiary alicyclic amines) is 1. The van der Waals surface area contributed by atoms with Gasteiger partial charge in [-0.05, 0) is 61.8 Å². The molecule has 2 heteroatoms. The lowest BCUT2D eigenvalue weighted by molar-refractivity contribution is -0.0510. The second kappa shape index (κ2) is 5.85. The van der Waals surface area contributed by atoms with Crippen LogP contribution in [0.3, 0.4) is 0 Å². The zero-order valence-electron chi connectivity index (χ0n) is 14.5. The van der Waals surface area contributed by atoms with Crippen LogP contribution in [0.2, 0.25) is 0 Å². The summed E-state index contributed by atoms with van der Waals surface area (Å²) < 4.78 is 0. The van der Waals surface area contributed by atoms with E-state index < -0.39 is 0 Å². The molecule has 3 aliphatic rings. The summed E-state index contributed by atoms with van der Waals surface area (Å²) >= 11 is 0. The molecule has 0 radical (unpaired) electrons. The molecule has 3 rings (SSSR count). The third kappa shape index (κ3) is 3.17. The molecule has 0 spiro atoms. The van der Waals surface area contributed by atoms with E-state index in [9.17, 15) is 0 Å². The second-order valence-electron chi connectivity index (χ2n) is 9.32. The summed E-state index contributed by atoms with van der Waals surface area (Å²) in [5.74, 6) is 2.82. The van der Waals surface area contributed by atoms with Crippen LogP contribution >= 0.6 is 0 Å². The standard InChI is InChI=1S/C19H36N2/c1-15-10-18(2,3)13-19(11-15,14-20)21-9-8-16-6-4-5-7-17(16)12-21/h15-17H,4-14,20H2,1-3H3. The van der Waals surface area contributed by atoms with Crippen LogP contribution in [0.25, 0.3) is 0 Å². The molecule has 4 atom stereocenters. The summed E-state index contributed by atoms with van der Waals surface area (Å²) in [7, 11) is 0. The molecule has 2 N–H and O–H groups in total. The van der Waals surface area contributed by atoms with Crippen LogP contribution in [0.15, 0.2) is 0 Å². The van der Waals surface area contributed by atoms with Gasteiger partial charge < -0.3 is 5.73 Å². The van der Waals surface area contributed by atoms with Gasteiger partial charge in [0.15, 0.2) is 0 Å². The van der Waals surface area contributed by atoms with Gasteiger partial charge >= 0.3 is 0 Å². The van der Waals surface area contributed by atoms with E-state index in [1.54, 1.807) is 0 Å². The second-order valence-corrected chi connectivity index (χ2v) is 9.32. The van der Waals surface area contributed by atoms with Gasteiger partial charge in [0, 0.05) is 18.6 Å². The molecular formula is C19H36N2. The van der Waals surface area contributed by atoms with Gasteiger partial charge in [0.2, 0.25) is 0 Å². The van der Waals surface area contributed by atoms with Crippen LogP contribution in [-0.4, -0.2) is 30.1 Å². The fourth-order valence-electron chi connectivity index (χ4n) is 6.26. The van der Waals surface area contributed by atoms with Crippen LogP contribution in [0.1, 0.15) is 72.1 Å². The van der Waals surface area contributed by atoms with Gasteiger partial charge in [-0.15, -0.1) is 0 Å². The van der Waals surface area contributed by atoms with Crippen molar-refractivity contribution in [1.82, 2.24) is 4.90 Å². The van der Waals surface area contributed by atoms with Crippen molar-refractivity contribution in [2.75, 3.05) is 19.6 Å². The van der Waals surface area contributed by atoms with Gasteiger partial charge in [-0.25, -0.2) is 0 Å². The van der Waals surface area contributed by atoms with Crippen molar-refractivity contribution < 1.29 is 0 Å². The number of fused-ring (bicyclic) bond motifs is 1. The highest BCUT2D eigenvalue weighted by Gasteiger charge is 2.47. The summed E-state index contributed by atoms with van der Waals surface area (Å²) in [6, 6.07) is 0. The molecule has 3 fully saturated rings. The molecule has 1 heterocycles. The molecule has 2 aliphatic carbocycles. The first-order valence-electron chi connectivity index (χ1n) is 9.39. The average Bonchev–Trinajstić information content (AvgIpc) is 2.44. The zero-order chi connectivity index (χ0) is 15.1. The third-order valence-corrected chi connectivity index (χ3v) is 6.78. The number of nitrogens with two attached hydrogens (primary N) is 1. The van der Waals surface area contributed by atoms with E-state index in [1.807, 2.05) is 0 Å². The normalized spacial score (nSPS) is 44.3. The maximum atomic E-state index is 6.38. The molecule has 0 amide bonds. The van der Waals surface area contributed by atoms with Gasteiger partial charge in [0.1, 0.15) is 0 Å². The summed E-state index contributed by atoms with van der Waals surface area (Å²) in [6.45, 7) is 10.9. The zero-order valence-corrected chi connectivity index (χ0v) is 14.5. The molecule has 0 aromatic carbocycles. The van der Waals surface area contributed by atoms with E-state index in [0.717, 1.165) is 24.3 Å². The van der Waals surface area contributed by atoms with Crippen LogP contribution in [-0.2, 0) is 0 Å². The molecule has 2 nitrogen and oxygen atoms in total. The molecule has 0 aromatic rings. The minimum absolute atomic E-state index is 0.295. The fraction of sp³-hybridized carbons (Fsp3) is 1.00. The van der Waals surface area contributed by atoms with E-state index in [4.69, 9.17) is 5.73 Å². The van der Waals surface area contributed by atoms with Crippen molar-refractivity contribution in [2.45, 2.75) is 77.7 Å². The Morgan fingerprint density at radius 1 is 1.05 bits per heavy atom. The Balaban J connectivity index is 1.76. The Kier molecular flexibility index (Phi) is 4.40. The van der Waals surface area contributed by atoms with Crippen LogP contribution in [0, 0.1) is 23.2 Å². The first-order valence-corrected chi connectivity index (χ1v) is 9.39. The summed E-state index contributed by atoms with van der Waals surface area (Å²) in [4.78, 5) is 2.84. The van der Waals surface area contributed by atoms with Crippen molar-refractivity contribution in [2.24, 2.45) is 28.9 Å². The highest BCUT2D eigenvalue weighted by Crippen LogP contribution is 2.48. The SMILES string of the molecule is CC1CC(C)(C)CC(CN)(N2CCC3CCCCC3C2)C1. The maximum absolute atomic E-state index is 6.38. The Morgan fingerprint density at radius 3 is 2.43 bits per heavy atom. The molecule has 1 saturated heterocycles. The van der Waals surface area contributed by atoms with Crippen molar-refractivity contribution in [3.63, 3.8) is 0 Å². The maximum Gasteiger partial charge on any atom is 0.0339 e. The Bertz CT molecular complexity index is 365. The lowest BCUT2D eigenvalue weighted by Gasteiger charge is -2.56. The van der Waals surface area contributed by atoms with Crippen LogP contribution in [0.4, 0.5) is 0 Å². The largest absolute Gasteiger partial charge is 0.329 e. The molecular weight excluding hydrogens is 256 g/mol. The number of piperidine rings is 1. The van der Waals surface area contributed by atoms with Crippen molar-refractivity contribution in [3.05, 3.63) is 0 Å². The lowest BCUT2D eigenvalue weighted by Crippen LogP contribution is -2.62. The average molecular weight is 293 g/mol. The van der Waals surface area contributed by atoms with Crippen molar-refractivity contribution in [3.8, 4) is 0 Å². The van der Waals surface area contributed by atoms with Crippen molar-refractivity contribution in [1.29, 1.82) is 0 Å². The van der Waals surface area contributed by atoms with Gasteiger partial charge in [-0.2, -0.15) is 0 Å². The number of rotatable bonds is 2. The van der Waals surface area contributed by atoms with E-state index in [2.05, 4.69) is 25.7 Å². The number of hydrogen-bond acceptors (Lipinski definition) is 2. The van der Waals surface area contributed by atoms with Gasteiger partial charge in [0.05, 0.1) is 0 Å². The third-order valence-electron chi connectivity index (χ3n) is 6.78. The number of nitrogens with zero attached hydrogens (tertiary/aromatic N) is 1. The van der Waals surface area contributed by atoms with Gasteiger partial charge in [0.25, 0.3) is 0 Å². The first-order chi connectivity index (χ1) is 9.94. The topological polar surface area (TPSA) is 29.3 Å². The Hall–Kier alpha value is -0.0800. The van der Waals surface area contributed by atoms with Crippen molar-refractivity contribution >= 4 is 0 Å². The lowest BCUT2D eigenvalue weighted by atomic mass is 9.62. The molecule has 122 valence electrons. The predicted octanol–water partition coefficient (Wildman–Crippen LogP) is 4.04. The highest BCUT2D eigenvalue weighted by atomic mass is 15.2. The molecule has 2 saturated carbocycles. The summed E-state index contributed by atoms with van der Waals surface area (Å²) in [6.07, 6.45) is 11.3. The molecule has 0 aromatic heterocycles.